The number of aromatic nitrogens is 3. The molecule has 0 saturated heterocycles. The van der Waals surface area contributed by atoms with Crippen LogP contribution in [0.2, 0.25) is 10.0 Å². The van der Waals surface area contributed by atoms with Crippen molar-refractivity contribution < 1.29 is 5.11 Å². The van der Waals surface area contributed by atoms with Crippen LogP contribution in [0.4, 0.5) is 0 Å². The smallest absolute Gasteiger partial charge is 0.137 e. The number of aliphatic hydroxyl groups is 1. The van der Waals surface area contributed by atoms with Crippen molar-refractivity contribution in [3.05, 3.63) is 87.4 Å². The average Bonchev–Trinajstić information content (AvgIpc) is 3.12. The van der Waals surface area contributed by atoms with Crippen molar-refractivity contribution in [1.82, 2.24) is 14.8 Å². The van der Waals surface area contributed by atoms with Crippen LogP contribution >= 0.6 is 23.2 Å². The number of halogens is 2. The van der Waals surface area contributed by atoms with Gasteiger partial charge in [0, 0.05) is 10.0 Å². The standard InChI is InChI=1S/C20H17Cl2N3O/c21-17-8-6-15(19(22)10-17)9-16-7-5-14-3-1-2-4-18(14)20(16,26)11-25-13-23-12-24-25/h1-4,6,8-10,12-13,26H,5,7,11H2/b16-9+. The van der Waals surface area contributed by atoms with Gasteiger partial charge in [0.15, 0.2) is 0 Å². The molecule has 1 aliphatic rings. The van der Waals surface area contributed by atoms with E-state index in [0.717, 1.165) is 35.1 Å². The molecule has 0 fully saturated rings. The highest BCUT2D eigenvalue weighted by molar-refractivity contribution is 6.35. The van der Waals surface area contributed by atoms with Gasteiger partial charge in [0.1, 0.15) is 18.3 Å². The van der Waals surface area contributed by atoms with Crippen LogP contribution in [-0.4, -0.2) is 19.9 Å². The van der Waals surface area contributed by atoms with E-state index in [1.165, 1.54) is 6.33 Å². The van der Waals surface area contributed by atoms with Crippen LogP contribution in [0, 0.1) is 0 Å². The molecule has 1 unspecified atom stereocenters. The van der Waals surface area contributed by atoms with E-state index in [1.807, 2.05) is 30.3 Å². The second kappa shape index (κ2) is 6.88. The summed E-state index contributed by atoms with van der Waals surface area (Å²) in [6, 6.07) is 13.4. The van der Waals surface area contributed by atoms with Gasteiger partial charge in [0.2, 0.25) is 0 Å². The summed E-state index contributed by atoms with van der Waals surface area (Å²) in [6.07, 6.45) is 6.65. The van der Waals surface area contributed by atoms with Crippen LogP contribution in [0.1, 0.15) is 23.1 Å². The minimum atomic E-state index is -1.18. The normalized spacial score (nSPS) is 21.0. The molecule has 0 amide bonds. The predicted octanol–water partition coefficient (Wildman–Crippen LogP) is 4.50. The second-order valence-corrected chi connectivity index (χ2v) is 7.29. The van der Waals surface area contributed by atoms with Gasteiger partial charge >= 0.3 is 0 Å². The van der Waals surface area contributed by atoms with Crippen molar-refractivity contribution in [2.24, 2.45) is 0 Å². The number of fused-ring (bicyclic) bond motifs is 1. The maximum Gasteiger partial charge on any atom is 0.137 e. The molecule has 2 aromatic carbocycles. The number of hydrogen-bond acceptors (Lipinski definition) is 3. The zero-order chi connectivity index (χ0) is 18.1. The molecule has 132 valence electrons. The molecule has 1 N–H and O–H groups in total. The molecule has 1 atom stereocenters. The Labute approximate surface area is 161 Å². The Bertz CT molecular complexity index is 969. The highest BCUT2D eigenvalue weighted by Gasteiger charge is 2.39. The van der Waals surface area contributed by atoms with Gasteiger partial charge in [-0.3, -0.25) is 0 Å². The molecule has 0 saturated carbocycles. The molecule has 1 aromatic heterocycles. The lowest BCUT2D eigenvalue weighted by Gasteiger charge is -2.37. The van der Waals surface area contributed by atoms with Gasteiger partial charge < -0.3 is 5.11 Å². The lowest BCUT2D eigenvalue weighted by Crippen LogP contribution is -2.37. The van der Waals surface area contributed by atoms with Gasteiger partial charge in [0.25, 0.3) is 0 Å². The van der Waals surface area contributed by atoms with E-state index in [2.05, 4.69) is 16.1 Å². The Hall–Kier alpha value is -2.14. The van der Waals surface area contributed by atoms with Crippen molar-refractivity contribution in [1.29, 1.82) is 0 Å². The Morgan fingerprint density at radius 2 is 2.00 bits per heavy atom. The first kappa shape index (κ1) is 17.3. The highest BCUT2D eigenvalue weighted by Crippen LogP contribution is 2.42. The summed E-state index contributed by atoms with van der Waals surface area (Å²) in [5, 5.41) is 17.1. The first-order chi connectivity index (χ1) is 12.6. The second-order valence-electron chi connectivity index (χ2n) is 6.45. The van der Waals surface area contributed by atoms with Gasteiger partial charge in [0.05, 0.1) is 6.54 Å². The Balaban J connectivity index is 1.83. The molecule has 3 aromatic rings. The largest absolute Gasteiger partial charge is 0.379 e. The zero-order valence-electron chi connectivity index (χ0n) is 13.9. The molecule has 0 spiro atoms. The summed E-state index contributed by atoms with van der Waals surface area (Å²) in [7, 11) is 0. The van der Waals surface area contributed by atoms with Gasteiger partial charge in [-0.1, -0.05) is 59.6 Å². The summed E-state index contributed by atoms with van der Waals surface area (Å²) < 4.78 is 1.65. The SMILES string of the molecule is OC1(Cn2cncn2)/C(=C/c2ccc(Cl)cc2Cl)CCc2ccccc21. The fourth-order valence-corrected chi connectivity index (χ4v) is 3.99. The van der Waals surface area contributed by atoms with Crippen molar-refractivity contribution in [2.45, 2.75) is 25.0 Å². The highest BCUT2D eigenvalue weighted by atomic mass is 35.5. The van der Waals surface area contributed by atoms with E-state index in [-0.39, 0.29) is 0 Å². The van der Waals surface area contributed by atoms with Gasteiger partial charge in [-0.05, 0) is 47.2 Å². The van der Waals surface area contributed by atoms with Crippen molar-refractivity contribution >= 4 is 29.3 Å². The van der Waals surface area contributed by atoms with Crippen LogP contribution < -0.4 is 0 Å². The molecular weight excluding hydrogens is 369 g/mol. The Kier molecular flexibility index (Phi) is 4.57. The molecule has 1 aliphatic carbocycles. The monoisotopic (exact) mass is 385 g/mol. The maximum absolute atomic E-state index is 11.7. The minimum absolute atomic E-state index is 0.293. The van der Waals surface area contributed by atoms with Crippen LogP contribution in [0.3, 0.4) is 0 Å². The fourth-order valence-electron chi connectivity index (χ4n) is 3.52. The first-order valence-corrected chi connectivity index (χ1v) is 9.11. The summed E-state index contributed by atoms with van der Waals surface area (Å²) in [5.74, 6) is 0. The van der Waals surface area contributed by atoms with Crippen molar-refractivity contribution in [3.63, 3.8) is 0 Å². The molecular formula is C20H17Cl2N3O. The molecule has 0 radical (unpaired) electrons. The number of benzene rings is 2. The third-order valence-electron chi connectivity index (χ3n) is 4.81. The van der Waals surface area contributed by atoms with Crippen molar-refractivity contribution in [2.75, 3.05) is 0 Å². The van der Waals surface area contributed by atoms with Gasteiger partial charge in [-0.15, -0.1) is 0 Å². The van der Waals surface area contributed by atoms with Crippen LogP contribution in [0.15, 0.2) is 60.7 Å². The van der Waals surface area contributed by atoms with Crippen LogP contribution in [-0.2, 0) is 18.6 Å². The molecule has 4 rings (SSSR count). The molecule has 1 heterocycles. The predicted molar refractivity (Wildman–Crippen MR) is 103 cm³/mol. The van der Waals surface area contributed by atoms with Gasteiger partial charge in [-0.25, -0.2) is 9.67 Å². The van der Waals surface area contributed by atoms with Gasteiger partial charge in [-0.2, -0.15) is 5.10 Å². The van der Waals surface area contributed by atoms with Crippen LogP contribution in [0.5, 0.6) is 0 Å². The third kappa shape index (κ3) is 3.16. The van der Waals surface area contributed by atoms with E-state index < -0.39 is 5.60 Å². The van der Waals surface area contributed by atoms with E-state index >= 15 is 0 Å². The summed E-state index contributed by atoms with van der Waals surface area (Å²) in [4.78, 5) is 3.99. The average molecular weight is 386 g/mol. The number of rotatable bonds is 3. The lowest BCUT2D eigenvalue weighted by atomic mass is 9.74. The van der Waals surface area contributed by atoms with E-state index in [9.17, 15) is 5.11 Å². The lowest BCUT2D eigenvalue weighted by molar-refractivity contribution is 0.0456. The number of nitrogens with zero attached hydrogens (tertiary/aromatic N) is 3. The van der Waals surface area contributed by atoms with Crippen LogP contribution in [0.25, 0.3) is 6.08 Å². The number of hydrogen-bond donors (Lipinski definition) is 1. The molecule has 26 heavy (non-hydrogen) atoms. The summed E-state index contributed by atoms with van der Waals surface area (Å²) >= 11 is 12.4. The first-order valence-electron chi connectivity index (χ1n) is 8.35. The van der Waals surface area contributed by atoms with Crippen molar-refractivity contribution in [3.8, 4) is 0 Å². The molecule has 4 nitrogen and oxygen atoms in total. The summed E-state index contributed by atoms with van der Waals surface area (Å²) in [6.45, 7) is 0.293. The zero-order valence-corrected chi connectivity index (χ0v) is 15.5. The molecule has 6 heteroatoms. The minimum Gasteiger partial charge on any atom is -0.379 e. The third-order valence-corrected chi connectivity index (χ3v) is 5.37. The van der Waals surface area contributed by atoms with E-state index in [0.29, 0.717) is 16.6 Å². The Morgan fingerprint density at radius 3 is 2.77 bits per heavy atom. The molecule has 0 bridgehead atoms. The topological polar surface area (TPSA) is 50.9 Å². The van der Waals surface area contributed by atoms with E-state index in [1.54, 1.807) is 23.1 Å². The molecule has 0 aliphatic heterocycles. The summed E-state index contributed by atoms with van der Waals surface area (Å²) in [5.41, 5.74) is 2.61. The van der Waals surface area contributed by atoms with E-state index in [4.69, 9.17) is 23.2 Å². The fraction of sp³-hybridized carbons (Fsp3) is 0.200. The number of aryl methyl sites for hydroxylation is 1. The maximum atomic E-state index is 11.7. The Morgan fingerprint density at radius 1 is 1.15 bits per heavy atom. The quantitative estimate of drug-likeness (QED) is 0.721.